The highest BCUT2D eigenvalue weighted by atomic mass is 32.2. The van der Waals surface area contributed by atoms with Crippen molar-refractivity contribution in [2.45, 2.75) is 30.5 Å². The first-order valence-corrected chi connectivity index (χ1v) is 8.11. The summed E-state index contributed by atoms with van der Waals surface area (Å²) >= 11 is 3.28. The van der Waals surface area contributed by atoms with Crippen molar-refractivity contribution in [2.75, 3.05) is 6.54 Å². The monoisotopic (exact) mass is 296 g/mol. The van der Waals surface area contributed by atoms with Crippen molar-refractivity contribution < 1.29 is 4.39 Å². The molecule has 1 heterocycles. The average molecular weight is 296 g/mol. The van der Waals surface area contributed by atoms with Gasteiger partial charge in [-0.3, -0.25) is 0 Å². The second kappa shape index (κ2) is 7.03. The first kappa shape index (κ1) is 14.5. The number of aromatic nitrogens is 1. The van der Waals surface area contributed by atoms with Crippen LogP contribution in [0.25, 0.3) is 0 Å². The Balaban J connectivity index is 1.93. The van der Waals surface area contributed by atoms with Crippen LogP contribution in [0.4, 0.5) is 4.39 Å². The van der Waals surface area contributed by atoms with Gasteiger partial charge in [0.2, 0.25) is 0 Å². The van der Waals surface area contributed by atoms with Crippen LogP contribution in [0.5, 0.6) is 0 Å². The normalized spacial score (nSPS) is 12.6. The minimum absolute atomic E-state index is 0.189. The number of nitrogens with one attached hydrogen (secondary N) is 1. The van der Waals surface area contributed by atoms with Crippen molar-refractivity contribution in [3.8, 4) is 0 Å². The van der Waals surface area contributed by atoms with Gasteiger partial charge in [-0.2, -0.15) is 0 Å². The molecule has 102 valence electrons. The molecule has 0 radical (unpaired) electrons. The quantitative estimate of drug-likeness (QED) is 0.807. The number of benzene rings is 1. The molecule has 0 fully saturated rings. The van der Waals surface area contributed by atoms with Gasteiger partial charge in [-0.05, 0) is 31.7 Å². The molecule has 1 atom stereocenters. The van der Waals surface area contributed by atoms with Crippen LogP contribution in [-0.4, -0.2) is 11.5 Å². The molecular weight excluding hydrogens is 279 g/mol. The van der Waals surface area contributed by atoms with Gasteiger partial charge >= 0.3 is 0 Å². The van der Waals surface area contributed by atoms with E-state index in [1.165, 1.54) is 6.07 Å². The van der Waals surface area contributed by atoms with Crippen LogP contribution < -0.4 is 5.32 Å². The summed E-state index contributed by atoms with van der Waals surface area (Å²) in [6.07, 6.45) is 0. The highest BCUT2D eigenvalue weighted by Crippen LogP contribution is 2.26. The van der Waals surface area contributed by atoms with Crippen molar-refractivity contribution in [3.63, 3.8) is 0 Å². The zero-order chi connectivity index (χ0) is 13.7. The Hall–Kier alpha value is -0.910. The molecule has 5 heteroatoms. The third kappa shape index (κ3) is 4.30. The summed E-state index contributed by atoms with van der Waals surface area (Å²) in [4.78, 5) is 5.55. The maximum atomic E-state index is 13.1. The smallest absolute Gasteiger partial charge is 0.124 e. The fourth-order valence-corrected chi connectivity index (χ4v) is 3.55. The number of halogens is 1. The first-order chi connectivity index (χ1) is 9.19. The maximum absolute atomic E-state index is 13.1. The average Bonchev–Trinajstić information content (AvgIpc) is 2.86. The molecule has 1 N–H and O–H groups in total. The van der Waals surface area contributed by atoms with E-state index in [1.54, 1.807) is 35.2 Å². The van der Waals surface area contributed by atoms with E-state index < -0.39 is 0 Å². The summed E-state index contributed by atoms with van der Waals surface area (Å²) in [6.45, 7) is 5.14. The molecule has 0 saturated carbocycles. The Labute approximate surface area is 121 Å². The molecule has 0 aliphatic carbocycles. The van der Waals surface area contributed by atoms with Crippen LogP contribution in [0.1, 0.15) is 30.6 Å². The Morgan fingerprint density at radius 1 is 1.47 bits per heavy atom. The number of hydrogen-bond acceptors (Lipinski definition) is 4. The summed E-state index contributed by atoms with van der Waals surface area (Å²) in [5, 5.41) is 6.51. The highest BCUT2D eigenvalue weighted by Gasteiger charge is 2.09. The van der Waals surface area contributed by atoms with Gasteiger partial charge in [-0.15, -0.1) is 23.1 Å². The minimum Gasteiger partial charge on any atom is -0.309 e. The zero-order valence-corrected chi connectivity index (χ0v) is 12.7. The van der Waals surface area contributed by atoms with Gasteiger partial charge in [0.25, 0.3) is 0 Å². The summed E-state index contributed by atoms with van der Waals surface area (Å²) in [6, 6.07) is 6.96. The van der Waals surface area contributed by atoms with Crippen LogP contribution in [0.2, 0.25) is 0 Å². The Bertz CT molecular complexity index is 528. The lowest BCUT2D eigenvalue weighted by atomic mass is 10.2. The number of hydrogen-bond donors (Lipinski definition) is 1. The molecule has 0 saturated heterocycles. The van der Waals surface area contributed by atoms with E-state index in [0.717, 1.165) is 27.9 Å². The lowest BCUT2D eigenvalue weighted by molar-refractivity contribution is 0.585. The maximum Gasteiger partial charge on any atom is 0.124 e. The second-order valence-electron chi connectivity index (χ2n) is 4.19. The molecule has 2 rings (SSSR count). The van der Waals surface area contributed by atoms with Crippen molar-refractivity contribution in [1.29, 1.82) is 0 Å². The SMILES string of the molecule is CCNC(C)c1csc(CSc2cccc(F)c2)n1. The molecule has 0 amide bonds. The van der Waals surface area contributed by atoms with Crippen molar-refractivity contribution in [1.82, 2.24) is 10.3 Å². The van der Waals surface area contributed by atoms with Gasteiger partial charge in [-0.25, -0.2) is 9.37 Å². The van der Waals surface area contributed by atoms with Gasteiger partial charge in [0, 0.05) is 16.3 Å². The molecule has 19 heavy (non-hydrogen) atoms. The van der Waals surface area contributed by atoms with E-state index in [9.17, 15) is 4.39 Å². The van der Waals surface area contributed by atoms with Gasteiger partial charge in [0.15, 0.2) is 0 Å². The molecule has 0 aliphatic heterocycles. The molecule has 1 unspecified atom stereocenters. The van der Waals surface area contributed by atoms with Gasteiger partial charge in [-0.1, -0.05) is 13.0 Å². The van der Waals surface area contributed by atoms with E-state index in [0.29, 0.717) is 0 Å². The second-order valence-corrected chi connectivity index (χ2v) is 6.18. The Morgan fingerprint density at radius 3 is 3.05 bits per heavy atom. The Kier molecular flexibility index (Phi) is 5.36. The number of thiazole rings is 1. The highest BCUT2D eigenvalue weighted by molar-refractivity contribution is 7.98. The van der Waals surface area contributed by atoms with E-state index in [1.807, 2.05) is 6.07 Å². The molecule has 1 aromatic carbocycles. The standard InChI is InChI=1S/C14H17FN2S2/c1-3-16-10(2)13-8-19-14(17-13)9-18-12-6-4-5-11(15)7-12/h4-8,10,16H,3,9H2,1-2H3. The van der Waals surface area contributed by atoms with Gasteiger partial charge in [0.05, 0.1) is 11.4 Å². The Morgan fingerprint density at radius 2 is 2.32 bits per heavy atom. The largest absolute Gasteiger partial charge is 0.309 e. The van der Waals surface area contributed by atoms with Crippen LogP contribution in [0.15, 0.2) is 34.5 Å². The van der Waals surface area contributed by atoms with Crippen molar-refractivity contribution in [3.05, 3.63) is 46.2 Å². The predicted molar refractivity (Wildman–Crippen MR) is 80.2 cm³/mol. The van der Waals surface area contributed by atoms with Crippen LogP contribution in [0, 0.1) is 5.82 Å². The van der Waals surface area contributed by atoms with Crippen LogP contribution in [0.3, 0.4) is 0 Å². The fourth-order valence-electron chi connectivity index (χ4n) is 1.70. The van der Waals surface area contributed by atoms with Gasteiger partial charge < -0.3 is 5.32 Å². The molecular formula is C14H17FN2S2. The van der Waals surface area contributed by atoms with Gasteiger partial charge in [0.1, 0.15) is 10.8 Å². The third-order valence-electron chi connectivity index (χ3n) is 2.68. The van der Waals surface area contributed by atoms with Crippen LogP contribution in [-0.2, 0) is 5.75 Å². The van der Waals surface area contributed by atoms with E-state index in [2.05, 4.69) is 29.5 Å². The number of nitrogens with zero attached hydrogens (tertiary/aromatic N) is 1. The lowest BCUT2D eigenvalue weighted by Gasteiger charge is -2.08. The summed E-state index contributed by atoms with van der Waals surface area (Å²) in [7, 11) is 0. The lowest BCUT2D eigenvalue weighted by Crippen LogP contribution is -2.17. The summed E-state index contributed by atoms with van der Waals surface area (Å²) < 4.78 is 13.1. The predicted octanol–water partition coefficient (Wildman–Crippen LogP) is 4.25. The summed E-state index contributed by atoms with van der Waals surface area (Å²) in [5.41, 5.74) is 1.08. The molecule has 2 aromatic rings. The first-order valence-electron chi connectivity index (χ1n) is 6.25. The van der Waals surface area contributed by atoms with Crippen LogP contribution >= 0.6 is 23.1 Å². The minimum atomic E-state index is -0.189. The molecule has 0 aliphatic rings. The molecule has 2 nitrogen and oxygen atoms in total. The topological polar surface area (TPSA) is 24.9 Å². The third-order valence-corrected chi connectivity index (χ3v) is 4.74. The fraction of sp³-hybridized carbons (Fsp3) is 0.357. The molecule has 0 bridgehead atoms. The summed E-state index contributed by atoms with van der Waals surface area (Å²) in [5.74, 6) is 0.595. The molecule has 0 spiro atoms. The molecule has 1 aromatic heterocycles. The van der Waals surface area contributed by atoms with E-state index in [-0.39, 0.29) is 11.9 Å². The van der Waals surface area contributed by atoms with E-state index >= 15 is 0 Å². The van der Waals surface area contributed by atoms with E-state index in [4.69, 9.17) is 0 Å². The van der Waals surface area contributed by atoms with Crippen molar-refractivity contribution >= 4 is 23.1 Å². The number of rotatable bonds is 6. The number of thioether (sulfide) groups is 1. The zero-order valence-electron chi connectivity index (χ0n) is 11.0. The van der Waals surface area contributed by atoms with Crippen molar-refractivity contribution in [2.24, 2.45) is 0 Å².